The maximum absolute atomic E-state index is 13.3. The summed E-state index contributed by atoms with van der Waals surface area (Å²) in [7, 11) is 3.49. The van der Waals surface area contributed by atoms with Gasteiger partial charge in [0.1, 0.15) is 17.6 Å². The highest BCUT2D eigenvalue weighted by Crippen LogP contribution is 2.28. The molecule has 28 heavy (non-hydrogen) atoms. The number of likely N-dealkylation sites (N-methyl/N-ethyl adjacent to an activating group) is 1. The lowest BCUT2D eigenvalue weighted by molar-refractivity contribution is -0.121. The van der Waals surface area contributed by atoms with Crippen LogP contribution in [0.5, 0.6) is 5.75 Å². The number of methoxy groups -OCH3 is 1. The summed E-state index contributed by atoms with van der Waals surface area (Å²) in [6.07, 6.45) is 0. The lowest BCUT2D eigenvalue weighted by atomic mass is 10.0. The van der Waals surface area contributed by atoms with E-state index in [1.807, 2.05) is 80.4 Å². The molecule has 1 heterocycles. The quantitative estimate of drug-likeness (QED) is 0.669. The highest BCUT2D eigenvalue weighted by Gasteiger charge is 2.26. The first kappa shape index (κ1) is 19.6. The first-order valence-electron chi connectivity index (χ1n) is 9.11. The van der Waals surface area contributed by atoms with Crippen molar-refractivity contribution in [2.24, 2.45) is 0 Å². The number of amides is 1. The number of nitrogens with zero attached hydrogens (tertiary/aromatic N) is 2. The van der Waals surface area contributed by atoms with Crippen molar-refractivity contribution in [2.45, 2.75) is 26.4 Å². The summed E-state index contributed by atoms with van der Waals surface area (Å²) < 4.78 is 10.6. The van der Waals surface area contributed by atoms with E-state index in [0.717, 1.165) is 22.6 Å². The SMILES string of the molecule is COc1ccc(C)cc1NC(=O)C(c1ccccc1)N(C)Cc1cc(C)on1. The van der Waals surface area contributed by atoms with Crippen molar-refractivity contribution < 1.29 is 14.1 Å². The van der Waals surface area contributed by atoms with Crippen molar-refractivity contribution in [3.63, 3.8) is 0 Å². The van der Waals surface area contributed by atoms with Crippen LogP contribution in [-0.2, 0) is 11.3 Å². The number of hydrogen-bond donors (Lipinski definition) is 1. The molecule has 1 unspecified atom stereocenters. The Bertz CT molecular complexity index is 937. The molecule has 146 valence electrons. The van der Waals surface area contributed by atoms with Gasteiger partial charge in [0.2, 0.25) is 5.91 Å². The molecule has 0 saturated carbocycles. The van der Waals surface area contributed by atoms with Crippen LogP contribution in [0.25, 0.3) is 0 Å². The third-order valence-electron chi connectivity index (χ3n) is 4.51. The molecule has 1 atom stereocenters. The molecule has 3 aromatic rings. The minimum Gasteiger partial charge on any atom is -0.495 e. The van der Waals surface area contributed by atoms with E-state index >= 15 is 0 Å². The van der Waals surface area contributed by atoms with Gasteiger partial charge in [-0.05, 0) is 44.2 Å². The van der Waals surface area contributed by atoms with Gasteiger partial charge in [-0.25, -0.2) is 0 Å². The molecule has 1 aromatic heterocycles. The average Bonchev–Trinajstić information content (AvgIpc) is 3.07. The fourth-order valence-corrected chi connectivity index (χ4v) is 3.20. The number of anilines is 1. The van der Waals surface area contributed by atoms with Crippen molar-refractivity contribution in [2.75, 3.05) is 19.5 Å². The van der Waals surface area contributed by atoms with Crippen LogP contribution < -0.4 is 10.1 Å². The molecule has 0 bridgehead atoms. The van der Waals surface area contributed by atoms with Gasteiger partial charge in [0.05, 0.1) is 18.5 Å². The smallest absolute Gasteiger partial charge is 0.246 e. The molecule has 6 heteroatoms. The van der Waals surface area contributed by atoms with Gasteiger partial charge in [0.15, 0.2) is 0 Å². The van der Waals surface area contributed by atoms with Gasteiger partial charge < -0.3 is 14.6 Å². The van der Waals surface area contributed by atoms with E-state index in [4.69, 9.17) is 9.26 Å². The van der Waals surface area contributed by atoms with Gasteiger partial charge in [0.25, 0.3) is 0 Å². The Kier molecular flexibility index (Phi) is 6.11. The Hall–Kier alpha value is -3.12. The zero-order valence-corrected chi connectivity index (χ0v) is 16.6. The van der Waals surface area contributed by atoms with Crippen molar-refractivity contribution in [3.05, 3.63) is 77.2 Å². The summed E-state index contributed by atoms with van der Waals surface area (Å²) in [5.74, 6) is 1.23. The van der Waals surface area contributed by atoms with E-state index in [0.29, 0.717) is 18.0 Å². The number of carbonyl (C=O) groups is 1. The number of aryl methyl sites for hydroxylation is 2. The number of hydrogen-bond acceptors (Lipinski definition) is 5. The summed E-state index contributed by atoms with van der Waals surface area (Å²) in [5, 5.41) is 7.07. The Morgan fingerprint density at radius 3 is 2.57 bits per heavy atom. The normalized spacial score (nSPS) is 12.0. The summed E-state index contributed by atoms with van der Waals surface area (Å²) >= 11 is 0. The maximum Gasteiger partial charge on any atom is 0.246 e. The zero-order chi connectivity index (χ0) is 20.1. The third-order valence-corrected chi connectivity index (χ3v) is 4.51. The molecular formula is C22H25N3O3. The number of ether oxygens (including phenoxy) is 1. The van der Waals surface area contributed by atoms with Crippen LogP contribution in [0, 0.1) is 13.8 Å². The van der Waals surface area contributed by atoms with Crippen LogP contribution in [0.2, 0.25) is 0 Å². The summed E-state index contributed by atoms with van der Waals surface area (Å²) in [5.41, 5.74) is 3.37. The predicted octanol–water partition coefficient (Wildman–Crippen LogP) is 4.11. The zero-order valence-electron chi connectivity index (χ0n) is 16.6. The van der Waals surface area contributed by atoms with E-state index in [2.05, 4.69) is 10.5 Å². The summed E-state index contributed by atoms with van der Waals surface area (Å²) in [4.78, 5) is 15.2. The Morgan fingerprint density at radius 2 is 1.93 bits per heavy atom. The van der Waals surface area contributed by atoms with Crippen LogP contribution in [0.3, 0.4) is 0 Å². The minimum atomic E-state index is -0.497. The highest BCUT2D eigenvalue weighted by molar-refractivity contribution is 5.96. The van der Waals surface area contributed by atoms with Crippen molar-refractivity contribution in [3.8, 4) is 5.75 Å². The van der Waals surface area contributed by atoms with Crippen LogP contribution >= 0.6 is 0 Å². The first-order chi connectivity index (χ1) is 13.5. The van der Waals surface area contributed by atoms with Crippen molar-refractivity contribution in [1.29, 1.82) is 0 Å². The van der Waals surface area contributed by atoms with E-state index in [9.17, 15) is 4.79 Å². The van der Waals surface area contributed by atoms with Gasteiger partial charge in [-0.2, -0.15) is 0 Å². The van der Waals surface area contributed by atoms with E-state index in [-0.39, 0.29) is 5.91 Å². The molecular weight excluding hydrogens is 354 g/mol. The monoisotopic (exact) mass is 379 g/mol. The van der Waals surface area contributed by atoms with E-state index < -0.39 is 6.04 Å². The second-order valence-electron chi connectivity index (χ2n) is 6.85. The number of nitrogens with one attached hydrogen (secondary N) is 1. The molecule has 3 rings (SSSR count). The van der Waals surface area contributed by atoms with Gasteiger partial charge in [0, 0.05) is 12.6 Å². The molecule has 0 aliphatic carbocycles. The average molecular weight is 379 g/mol. The van der Waals surface area contributed by atoms with Gasteiger partial charge in [-0.15, -0.1) is 0 Å². The molecule has 2 aromatic carbocycles. The number of aromatic nitrogens is 1. The minimum absolute atomic E-state index is 0.141. The second-order valence-corrected chi connectivity index (χ2v) is 6.85. The van der Waals surface area contributed by atoms with Gasteiger partial charge >= 0.3 is 0 Å². The molecule has 0 radical (unpaired) electrons. The van der Waals surface area contributed by atoms with E-state index in [1.54, 1.807) is 7.11 Å². The van der Waals surface area contributed by atoms with E-state index in [1.165, 1.54) is 0 Å². The molecule has 0 saturated heterocycles. The largest absolute Gasteiger partial charge is 0.495 e. The lowest BCUT2D eigenvalue weighted by Crippen LogP contribution is -2.34. The number of carbonyl (C=O) groups excluding carboxylic acids is 1. The number of benzene rings is 2. The Labute approximate surface area is 165 Å². The Balaban J connectivity index is 1.88. The van der Waals surface area contributed by atoms with Crippen molar-refractivity contribution in [1.82, 2.24) is 10.1 Å². The fraction of sp³-hybridized carbons (Fsp3) is 0.273. The fourth-order valence-electron chi connectivity index (χ4n) is 3.20. The predicted molar refractivity (Wildman–Crippen MR) is 108 cm³/mol. The molecule has 0 aliphatic heterocycles. The van der Waals surface area contributed by atoms with Crippen LogP contribution in [0.1, 0.15) is 28.6 Å². The molecule has 1 amide bonds. The van der Waals surface area contributed by atoms with Gasteiger partial charge in [-0.3, -0.25) is 9.69 Å². The molecule has 0 fully saturated rings. The molecule has 1 N–H and O–H groups in total. The van der Waals surface area contributed by atoms with Crippen LogP contribution in [0.15, 0.2) is 59.1 Å². The van der Waals surface area contributed by atoms with Crippen LogP contribution in [0.4, 0.5) is 5.69 Å². The van der Waals surface area contributed by atoms with Gasteiger partial charge in [-0.1, -0.05) is 41.6 Å². The van der Waals surface area contributed by atoms with Crippen LogP contribution in [-0.4, -0.2) is 30.1 Å². The third kappa shape index (κ3) is 4.58. The molecule has 0 aliphatic rings. The number of rotatable bonds is 7. The summed E-state index contributed by atoms with van der Waals surface area (Å²) in [6.45, 7) is 4.31. The molecule has 0 spiro atoms. The second kappa shape index (κ2) is 8.71. The lowest BCUT2D eigenvalue weighted by Gasteiger charge is -2.27. The molecule has 6 nitrogen and oxygen atoms in total. The standard InChI is InChI=1S/C22H25N3O3/c1-15-10-11-20(27-4)19(12-15)23-22(26)21(17-8-6-5-7-9-17)25(3)14-18-13-16(2)28-24-18/h5-13,21H,14H2,1-4H3,(H,23,26). The first-order valence-corrected chi connectivity index (χ1v) is 9.11. The summed E-state index contributed by atoms with van der Waals surface area (Å²) in [6, 6.07) is 16.8. The Morgan fingerprint density at radius 1 is 1.18 bits per heavy atom. The van der Waals surface area contributed by atoms with Crippen molar-refractivity contribution >= 4 is 11.6 Å². The topological polar surface area (TPSA) is 67.6 Å². The maximum atomic E-state index is 13.3. The highest BCUT2D eigenvalue weighted by atomic mass is 16.5.